The third-order valence-corrected chi connectivity index (χ3v) is 5.76. The summed E-state index contributed by atoms with van der Waals surface area (Å²) in [6, 6.07) is 11.0. The zero-order valence-electron chi connectivity index (χ0n) is 13.3. The molecule has 1 fully saturated rings. The minimum absolute atomic E-state index is 0.190. The fraction of sp³-hybridized carbons (Fsp3) is 0.389. The van der Waals surface area contributed by atoms with Crippen molar-refractivity contribution in [2.45, 2.75) is 43.2 Å². The summed E-state index contributed by atoms with van der Waals surface area (Å²) in [6.45, 7) is 0. The van der Waals surface area contributed by atoms with Crippen molar-refractivity contribution in [3.05, 3.63) is 58.5 Å². The maximum atomic E-state index is 12.3. The van der Waals surface area contributed by atoms with Gasteiger partial charge in [-0.2, -0.15) is 0 Å². The molecule has 1 aliphatic rings. The quantitative estimate of drug-likeness (QED) is 0.839. The average molecular weight is 366 g/mol. The summed E-state index contributed by atoms with van der Waals surface area (Å²) < 4.78 is 17.8. The van der Waals surface area contributed by atoms with Crippen LogP contribution in [0.3, 0.4) is 0 Å². The van der Waals surface area contributed by atoms with Gasteiger partial charge in [0.2, 0.25) is 0 Å². The number of hydrogen-bond acceptors (Lipinski definition) is 3. The molecular formula is C18H20ClNO3S. The topological polar surface area (TPSA) is 59.3 Å². The van der Waals surface area contributed by atoms with E-state index in [1.54, 1.807) is 18.2 Å². The summed E-state index contributed by atoms with van der Waals surface area (Å²) in [5.74, 6) is 1.28. The van der Waals surface area contributed by atoms with Gasteiger partial charge in [-0.1, -0.05) is 42.6 Å². The smallest absolute Gasteiger partial charge is 0.287 e. The van der Waals surface area contributed by atoms with E-state index in [1.165, 1.54) is 0 Å². The number of furan rings is 1. The van der Waals surface area contributed by atoms with E-state index in [0.717, 1.165) is 31.2 Å². The predicted molar refractivity (Wildman–Crippen MR) is 95.4 cm³/mol. The minimum atomic E-state index is -1.15. The first-order valence-corrected chi connectivity index (χ1v) is 9.96. The molecule has 24 heavy (non-hydrogen) atoms. The fourth-order valence-corrected chi connectivity index (χ4v) is 4.36. The van der Waals surface area contributed by atoms with Crippen molar-refractivity contribution >= 4 is 28.3 Å². The molecule has 0 spiro atoms. The van der Waals surface area contributed by atoms with Gasteiger partial charge in [-0.25, -0.2) is 0 Å². The molecule has 128 valence electrons. The van der Waals surface area contributed by atoms with Gasteiger partial charge in [0.15, 0.2) is 5.76 Å². The number of carbonyl (C=O) groups is 1. The molecule has 0 radical (unpaired) electrons. The molecule has 1 heterocycles. The molecule has 3 rings (SSSR count). The first kappa shape index (κ1) is 17.2. The Hall–Kier alpha value is -1.59. The number of hydrogen-bond donors (Lipinski definition) is 1. The Balaban J connectivity index is 1.56. The Kier molecular flexibility index (Phi) is 5.74. The van der Waals surface area contributed by atoms with Crippen LogP contribution in [0.15, 0.2) is 40.8 Å². The fourth-order valence-electron chi connectivity index (χ4n) is 2.90. The second kappa shape index (κ2) is 7.99. The number of nitrogens with one attached hydrogen (secondary N) is 1. The molecule has 0 bridgehead atoms. The van der Waals surface area contributed by atoms with E-state index >= 15 is 0 Å². The van der Waals surface area contributed by atoms with Gasteiger partial charge >= 0.3 is 0 Å². The molecule has 6 heteroatoms. The van der Waals surface area contributed by atoms with Crippen molar-refractivity contribution < 1.29 is 13.4 Å². The molecule has 2 aromatic rings. The van der Waals surface area contributed by atoms with Gasteiger partial charge in [0.05, 0.1) is 11.5 Å². The third-order valence-electron chi connectivity index (χ3n) is 4.15. The van der Waals surface area contributed by atoms with Gasteiger partial charge in [0.25, 0.3) is 5.91 Å². The summed E-state index contributed by atoms with van der Waals surface area (Å²) in [6.07, 6.45) is 4.38. The summed E-state index contributed by atoms with van der Waals surface area (Å²) in [7, 11) is -1.15. The summed E-state index contributed by atoms with van der Waals surface area (Å²) in [5.41, 5.74) is 0.850. The monoisotopic (exact) mass is 365 g/mol. The SMILES string of the molecule is O=C(NC1CCCC1)c1ccc(C[S@@](=O)Cc2ccccc2Cl)o1. The second-order valence-corrected chi connectivity index (χ2v) is 7.90. The molecule has 1 N–H and O–H groups in total. The highest BCUT2D eigenvalue weighted by molar-refractivity contribution is 7.83. The molecule has 1 amide bonds. The Labute approximate surface area is 149 Å². The van der Waals surface area contributed by atoms with Crippen LogP contribution in [0.2, 0.25) is 5.02 Å². The average Bonchev–Trinajstić information content (AvgIpc) is 3.21. The van der Waals surface area contributed by atoms with Gasteiger partial charge in [-0.05, 0) is 36.6 Å². The van der Waals surface area contributed by atoms with Crippen LogP contribution in [0.4, 0.5) is 0 Å². The molecule has 1 atom stereocenters. The van der Waals surface area contributed by atoms with Crippen LogP contribution in [0.5, 0.6) is 0 Å². The lowest BCUT2D eigenvalue weighted by Gasteiger charge is -2.09. The van der Waals surface area contributed by atoms with Crippen molar-refractivity contribution in [3.63, 3.8) is 0 Å². The van der Waals surface area contributed by atoms with Crippen molar-refractivity contribution in [1.29, 1.82) is 0 Å². The Bertz CT molecular complexity index is 737. The maximum absolute atomic E-state index is 12.3. The lowest BCUT2D eigenvalue weighted by molar-refractivity contribution is 0.0908. The van der Waals surface area contributed by atoms with Crippen molar-refractivity contribution in [3.8, 4) is 0 Å². The van der Waals surface area contributed by atoms with Gasteiger partial charge < -0.3 is 9.73 Å². The molecular weight excluding hydrogens is 346 g/mol. The summed E-state index contributed by atoms with van der Waals surface area (Å²) >= 11 is 6.09. The Morgan fingerprint density at radius 2 is 1.92 bits per heavy atom. The molecule has 0 aliphatic heterocycles. The Morgan fingerprint density at radius 3 is 2.67 bits per heavy atom. The maximum Gasteiger partial charge on any atom is 0.287 e. The normalized spacial score (nSPS) is 16.2. The third kappa shape index (κ3) is 4.48. The first-order chi connectivity index (χ1) is 11.6. The van der Waals surface area contributed by atoms with E-state index in [0.29, 0.717) is 16.5 Å². The van der Waals surface area contributed by atoms with Crippen LogP contribution < -0.4 is 5.32 Å². The molecule has 1 aromatic carbocycles. The van der Waals surface area contributed by atoms with Gasteiger partial charge in [0.1, 0.15) is 5.76 Å². The van der Waals surface area contributed by atoms with E-state index in [1.807, 2.05) is 18.2 Å². The lowest BCUT2D eigenvalue weighted by atomic mass is 10.2. The van der Waals surface area contributed by atoms with Crippen LogP contribution in [0.25, 0.3) is 0 Å². The van der Waals surface area contributed by atoms with Crippen molar-refractivity contribution in [2.24, 2.45) is 0 Å². The molecule has 0 saturated heterocycles. The highest BCUT2D eigenvalue weighted by Gasteiger charge is 2.20. The van der Waals surface area contributed by atoms with Crippen molar-refractivity contribution in [2.75, 3.05) is 0 Å². The Morgan fingerprint density at radius 1 is 1.17 bits per heavy atom. The van der Waals surface area contributed by atoms with Gasteiger partial charge in [-0.15, -0.1) is 0 Å². The number of benzene rings is 1. The van der Waals surface area contributed by atoms with E-state index in [4.69, 9.17) is 16.0 Å². The van der Waals surface area contributed by atoms with Crippen LogP contribution in [0.1, 0.15) is 47.6 Å². The molecule has 1 aromatic heterocycles. The summed E-state index contributed by atoms with van der Waals surface area (Å²) in [5, 5.41) is 3.60. The van der Waals surface area contributed by atoms with Crippen LogP contribution in [0, 0.1) is 0 Å². The van der Waals surface area contributed by atoms with E-state index < -0.39 is 10.8 Å². The molecule has 0 unspecified atom stereocenters. The van der Waals surface area contributed by atoms with Crippen LogP contribution >= 0.6 is 11.6 Å². The zero-order chi connectivity index (χ0) is 16.9. The number of halogens is 1. The standard InChI is InChI=1S/C18H20ClNO3S/c19-16-8-4-1-5-13(16)11-24(22)12-15-9-10-17(23-15)18(21)20-14-6-2-3-7-14/h1,4-5,8-10,14H,2-3,6-7,11-12H2,(H,20,21)/t24-/m0/s1. The van der Waals surface area contributed by atoms with Crippen LogP contribution in [-0.4, -0.2) is 16.2 Å². The molecule has 1 aliphatic carbocycles. The van der Waals surface area contributed by atoms with Gasteiger partial charge in [-0.3, -0.25) is 9.00 Å². The predicted octanol–water partition coefficient (Wildman–Crippen LogP) is 4.05. The van der Waals surface area contributed by atoms with E-state index in [9.17, 15) is 9.00 Å². The highest BCUT2D eigenvalue weighted by atomic mass is 35.5. The van der Waals surface area contributed by atoms with E-state index in [2.05, 4.69) is 5.32 Å². The van der Waals surface area contributed by atoms with Crippen LogP contribution in [-0.2, 0) is 22.3 Å². The molecule has 4 nitrogen and oxygen atoms in total. The molecule has 1 saturated carbocycles. The lowest BCUT2D eigenvalue weighted by Crippen LogP contribution is -2.32. The highest BCUT2D eigenvalue weighted by Crippen LogP contribution is 2.20. The number of amides is 1. The van der Waals surface area contributed by atoms with E-state index in [-0.39, 0.29) is 23.5 Å². The summed E-state index contributed by atoms with van der Waals surface area (Å²) in [4.78, 5) is 12.1. The zero-order valence-corrected chi connectivity index (χ0v) is 14.9. The van der Waals surface area contributed by atoms with Crippen molar-refractivity contribution in [1.82, 2.24) is 5.32 Å². The van der Waals surface area contributed by atoms with Gasteiger partial charge in [0, 0.05) is 21.9 Å². The largest absolute Gasteiger partial charge is 0.455 e. The number of carbonyl (C=O) groups excluding carboxylic acids is 1. The number of rotatable bonds is 6. The second-order valence-electron chi connectivity index (χ2n) is 6.04. The first-order valence-electron chi connectivity index (χ1n) is 8.10. The minimum Gasteiger partial charge on any atom is -0.455 e.